The first-order chi connectivity index (χ1) is 16.6. The molecule has 2 bridgehead atoms. The molecule has 6 atom stereocenters. The summed E-state index contributed by atoms with van der Waals surface area (Å²) in [4.78, 5) is 43.0. The lowest BCUT2D eigenvalue weighted by Crippen LogP contribution is -2.61. The fourth-order valence-electron chi connectivity index (χ4n) is 7.14. The number of nitrogens with zero attached hydrogens (tertiary/aromatic N) is 1. The molecule has 4 rings (SSSR count). The molecule has 0 aliphatic carbocycles. The molecule has 8 heteroatoms. The second-order valence-corrected chi connectivity index (χ2v) is 13.0. The second-order valence-electron chi connectivity index (χ2n) is 13.0. The van der Waals surface area contributed by atoms with Crippen LogP contribution >= 0.6 is 0 Å². The van der Waals surface area contributed by atoms with Crippen LogP contribution in [-0.2, 0) is 19.1 Å². The van der Waals surface area contributed by atoms with Crippen molar-refractivity contribution >= 4 is 23.4 Å². The Morgan fingerprint density at radius 3 is 2.36 bits per heavy atom. The zero-order chi connectivity index (χ0) is 26.7. The highest BCUT2D eigenvalue weighted by atomic mass is 16.5. The van der Waals surface area contributed by atoms with Gasteiger partial charge in [-0.2, -0.15) is 0 Å². The van der Waals surface area contributed by atoms with Gasteiger partial charge in [-0.3, -0.25) is 14.4 Å². The van der Waals surface area contributed by atoms with Crippen molar-refractivity contribution in [1.82, 2.24) is 10.2 Å². The SMILES string of the molecule is C[C@H](CO)N1C(=O)[C@@H]2[C@H](C(=O)Nc3ccccc3)[C@]3(C)CCC2(O3)C1C(=O)NC(C)(C)CC(C)(C)C. The third-order valence-electron chi connectivity index (χ3n) is 7.96. The van der Waals surface area contributed by atoms with Gasteiger partial charge in [0.05, 0.1) is 30.1 Å². The van der Waals surface area contributed by atoms with Crippen molar-refractivity contribution < 1.29 is 24.2 Å². The van der Waals surface area contributed by atoms with Crippen LogP contribution in [0, 0.1) is 17.3 Å². The fraction of sp³-hybridized carbons (Fsp3) is 0.679. The largest absolute Gasteiger partial charge is 0.394 e. The summed E-state index contributed by atoms with van der Waals surface area (Å²) in [5, 5.41) is 16.1. The van der Waals surface area contributed by atoms with Gasteiger partial charge in [0.2, 0.25) is 17.7 Å². The monoisotopic (exact) mass is 499 g/mol. The first-order valence-corrected chi connectivity index (χ1v) is 13.0. The molecule has 3 N–H and O–H groups in total. The van der Waals surface area contributed by atoms with Crippen LogP contribution < -0.4 is 10.6 Å². The molecule has 2 unspecified atom stereocenters. The number of ether oxygens (including phenoxy) is 1. The van der Waals surface area contributed by atoms with Crippen LogP contribution in [0.4, 0.5) is 5.69 Å². The number of likely N-dealkylation sites (tertiary alicyclic amines) is 1. The summed E-state index contributed by atoms with van der Waals surface area (Å²) in [6, 6.07) is 7.62. The van der Waals surface area contributed by atoms with Crippen LogP contribution in [0.25, 0.3) is 0 Å². The van der Waals surface area contributed by atoms with E-state index in [-0.39, 0.29) is 29.7 Å². The predicted octanol–water partition coefficient (Wildman–Crippen LogP) is 3.10. The molecule has 8 nitrogen and oxygen atoms in total. The minimum absolute atomic E-state index is 0.0163. The molecule has 0 radical (unpaired) electrons. The third kappa shape index (κ3) is 4.43. The van der Waals surface area contributed by atoms with Crippen LogP contribution in [0.15, 0.2) is 30.3 Å². The maximum atomic E-state index is 14.0. The summed E-state index contributed by atoms with van der Waals surface area (Å²) in [5.41, 5.74) is -1.86. The Balaban J connectivity index is 1.70. The van der Waals surface area contributed by atoms with E-state index in [1.165, 1.54) is 4.90 Å². The number of hydrogen-bond acceptors (Lipinski definition) is 5. The second kappa shape index (κ2) is 8.84. The van der Waals surface area contributed by atoms with E-state index in [2.05, 4.69) is 31.4 Å². The molecule has 1 aromatic carbocycles. The Kier molecular flexibility index (Phi) is 6.53. The Morgan fingerprint density at radius 2 is 1.78 bits per heavy atom. The Labute approximate surface area is 214 Å². The molecule has 0 aromatic heterocycles. The van der Waals surface area contributed by atoms with Crippen molar-refractivity contribution in [2.24, 2.45) is 17.3 Å². The van der Waals surface area contributed by atoms with Gasteiger partial charge in [-0.05, 0) is 64.5 Å². The van der Waals surface area contributed by atoms with Crippen LogP contribution in [-0.4, -0.2) is 63.2 Å². The minimum Gasteiger partial charge on any atom is -0.394 e. The molecule has 3 saturated heterocycles. The van der Waals surface area contributed by atoms with E-state index in [1.54, 1.807) is 19.1 Å². The van der Waals surface area contributed by atoms with Gasteiger partial charge in [0.1, 0.15) is 11.6 Å². The highest BCUT2D eigenvalue weighted by molar-refractivity contribution is 6.02. The summed E-state index contributed by atoms with van der Waals surface area (Å²) in [5.74, 6) is -2.42. The van der Waals surface area contributed by atoms with Gasteiger partial charge in [0.15, 0.2) is 0 Å². The number of fused-ring (bicyclic) bond motifs is 1. The number of aliphatic hydroxyl groups is 1. The van der Waals surface area contributed by atoms with Crippen LogP contribution in [0.3, 0.4) is 0 Å². The molecule has 36 heavy (non-hydrogen) atoms. The first-order valence-electron chi connectivity index (χ1n) is 13.0. The summed E-state index contributed by atoms with van der Waals surface area (Å²) in [6.07, 6.45) is 1.81. The molecular formula is C28H41N3O5. The van der Waals surface area contributed by atoms with Crippen LogP contribution in [0.5, 0.6) is 0 Å². The minimum atomic E-state index is -1.12. The molecule has 3 amide bonds. The molecule has 0 saturated carbocycles. The van der Waals surface area contributed by atoms with E-state index in [0.717, 1.165) is 6.42 Å². The number of hydrogen-bond donors (Lipinski definition) is 3. The van der Waals surface area contributed by atoms with Gasteiger partial charge in [-0.1, -0.05) is 39.0 Å². The normalized spacial score (nSPS) is 32.4. The fourth-order valence-corrected chi connectivity index (χ4v) is 7.14. The maximum Gasteiger partial charge on any atom is 0.246 e. The molecule has 198 valence electrons. The number of para-hydroxylation sites is 1. The van der Waals surface area contributed by atoms with Gasteiger partial charge in [-0.15, -0.1) is 0 Å². The lowest BCUT2D eigenvalue weighted by atomic mass is 9.66. The topological polar surface area (TPSA) is 108 Å². The van der Waals surface area contributed by atoms with Gasteiger partial charge in [-0.25, -0.2) is 0 Å². The van der Waals surface area contributed by atoms with Crippen LogP contribution in [0.1, 0.15) is 67.7 Å². The number of nitrogens with one attached hydrogen (secondary N) is 2. The zero-order valence-corrected chi connectivity index (χ0v) is 22.6. The van der Waals surface area contributed by atoms with Gasteiger partial charge in [0, 0.05) is 11.2 Å². The number of anilines is 1. The smallest absolute Gasteiger partial charge is 0.246 e. The van der Waals surface area contributed by atoms with Crippen molar-refractivity contribution in [3.05, 3.63) is 30.3 Å². The molecule has 3 aliphatic rings. The highest BCUT2D eigenvalue weighted by Crippen LogP contribution is 2.63. The quantitative estimate of drug-likeness (QED) is 0.534. The molecular weight excluding hydrogens is 458 g/mol. The van der Waals surface area contributed by atoms with Crippen molar-refractivity contribution in [2.75, 3.05) is 11.9 Å². The van der Waals surface area contributed by atoms with E-state index in [0.29, 0.717) is 18.5 Å². The van der Waals surface area contributed by atoms with E-state index in [4.69, 9.17) is 4.74 Å². The molecule has 3 heterocycles. The number of carbonyl (C=O) groups is 3. The average molecular weight is 500 g/mol. The number of aliphatic hydroxyl groups excluding tert-OH is 1. The Morgan fingerprint density at radius 1 is 1.14 bits per heavy atom. The average Bonchev–Trinajstić information content (AvgIpc) is 3.32. The number of amides is 3. The predicted molar refractivity (Wildman–Crippen MR) is 137 cm³/mol. The van der Waals surface area contributed by atoms with E-state index in [9.17, 15) is 19.5 Å². The lowest BCUT2D eigenvalue weighted by Gasteiger charge is -2.39. The molecule has 1 spiro atoms. The van der Waals surface area contributed by atoms with Gasteiger partial charge in [0.25, 0.3) is 0 Å². The van der Waals surface area contributed by atoms with E-state index in [1.807, 2.05) is 39.0 Å². The molecule has 3 aliphatic heterocycles. The summed E-state index contributed by atoms with van der Waals surface area (Å²) < 4.78 is 6.62. The summed E-state index contributed by atoms with van der Waals surface area (Å²) in [7, 11) is 0. The summed E-state index contributed by atoms with van der Waals surface area (Å²) in [6.45, 7) is 13.6. The highest BCUT2D eigenvalue weighted by Gasteiger charge is 2.78. The number of carbonyl (C=O) groups excluding carboxylic acids is 3. The zero-order valence-electron chi connectivity index (χ0n) is 22.6. The molecule has 1 aromatic rings. The van der Waals surface area contributed by atoms with Gasteiger partial charge >= 0.3 is 0 Å². The number of rotatable bonds is 7. The first kappa shape index (κ1) is 26.6. The van der Waals surface area contributed by atoms with E-state index < -0.39 is 40.7 Å². The van der Waals surface area contributed by atoms with Crippen molar-refractivity contribution in [1.29, 1.82) is 0 Å². The standard InChI is InChI=1S/C28H41N3O5/c1-17(15-32)31-21(23(34)30-26(5,6)16-25(2,3)4)28-14-13-27(7,36-28)19(20(28)24(31)35)22(33)29-18-11-9-8-10-12-18/h8-12,17,19-21,32H,13-16H2,1-7H3,(H,29,33)(H,30,34)/t17-,19-,20+,21?,27+,28?/m1/s1. The van der Waals surface area contributed by atoms with Crippen molar-refractivity contribution in [3.8, 4) is 0 Å². The lowest BCUT2D eigenvalue weighted by molar-refractivity contribution is -0.149. The third-order valence-corrected chi connectivity index (χ3v) is 7.96. The maximum absolute atomic E-state index is 14.0. The van der Waals surface area contributed by atoms with Crippen molar-refractivity contribution in [2.45, 2.75) is 96.6 Å². The van der Waals surface area contributed by atoms with Crippen molar-refractivity contribution in [3.63, 3.8) is 0 Å². The number of benzene rings is 1. The summed E-state index contributed by atoms with van der Waals surface area (Å²) >= 11 is 0. The van der Waals surface area contributed by atoms with E-state index >= 15 is 0 Å². The van der Waals surface area contributed by atoms with Gasteiger partial charge < -0.3 is 25.4 Å². The Bertz CT molecular complexity index is 1040. The Hall–Kier alpha value is -2.45. The molecule has 3 fully saturated rings. The van der Waals surface area contributed by atoms with Crippen LogP contribution in [0.2, 0.25) is 0 Å².